The van der Waals surface area contributed by atoms with Crippen molar-refractivity contribution in [3.63, 3.8) is 0 Å². The molecule has 3 atom stereocenters. The second-order valence-corrected chi connectivity index (χ2v) is 10.2. The summed E-state index contributed by atoms with van der Waals surface area (Å²) < 4.78 is 10.5. The highest BCUT2D eigenvalue weighted by molar-refractivity contribution is 5.92. The van der Waals surface area contributed by atoms with Gasteiger partial charge >= 0.3 is 5.97 Å². The van der Waals surface area contributed by atoms with Crippen LogP contribution < -0.4 is 26.4 Å². The maximum atomic E-state index is 13.3. The van der Waals surface area contributed by atoms with Gasteiger partial charge in [-0.15, -0.1) is 0 Å². The number of ether oxygens (including phenoxy) is 2. The molecule has 0 aromatic heterocycles. The molecule has 0 bridgehead atoms. The van der Waals surface area contributed by atoms with Gasteiger partial charge in [-0.1, -0.05) is 39.8 Å². The smallest absolute Gasteiger partial charge is 0.328 e. The Hall–Kier alpha value is -3.14. The Labute approximate surface area is 220 Å². The zero-order chi connectivity index (χ0) is 28.0. The summed E-state index contributed by atoms with van der Waals surface area (Å²) in [5, 5.41) is 8.20. The number of nitrogens with one attached hydrogen (secondary N) is 3. The van der Waals surface area contributed by atoms with Crippen LogP contribution in [0, 0.1) is 5.41 Å². The lowest BCUT2D eigenvalue weighted by Crippen LogP contribution is -2.59. The van der Waals surface area contributed by atoms with Crippen LogP contribution in [0.2, 0.25) is 0 Å². The summed E-state index contributed by atoms with van der Waals surface area (Å²) in [5.41, 5.74) is 6.22. The third-order valence-electron chi connectivity index (χ3n) is 5.71. The van der Waals surface area contributed by atoms with Gasteiger partial charge in [0.2, 0.25) is 17.7 Å². The van der Waals surface area contributed by atoms with Crippen LogP contribution in [0.25, 0.3) is 0 Å². The minimum atomic E-state index is -0.941. The quantitative estimate of drug-likeness (QED) is 0.204. The molecule has 10 heteroatoms. The van der Waals surface area contributed by atoms with E-state index < -0.39 is 41.3 Å². The fourth-order valence-electron chi connectivity index (χ4n) is 3.58. The minimum Gasteiger partial charge on any atom is -0.494 e. The van der Waals surface area contributed by atoms with Crippen molar-refractivity contribution < 1.29 is 28.7 Å². The maximum absolute atomic E-state index is 13.3. The number of hydrogen-bond donors (Lipinski definition) is 4. The van der Waals surface area contributed by atoms with E-state index in [9.17, 15) is 19.2 Å². The van der Waals surface area contributed by atoms with Crippen molar-refractivity contribution in [1.82, 2.24) is 16.0 Å². The molecule has 1 aromatic carbocycles. The number of methoxy groups -OCH3 is 1. The summed E-state index contributed by atoms with van der Waals surface area (Å²) in [6.07, 6.45) is 2.86. The average molecular weight is 521 g/mol. The van der Waals surface area contributed by atoms with Crippen molar-refractivity contribution in [2.45, 2.75) is 84.8 Å². The monoisotopic (exact) mass is 520 g/mol. The van der Waals surface area contributed by atoms with Crippen molar-refractivity contribution in [2.24, 2.45) is 11.1 Å². The molecule has 1 rings (SSSR count). The van der Waals surface area contributed by atoms with E-state index in [1.165, 1.54) is 14.0 Å². The van der Waals surface area contributed by atoms with Gasteiger partial charge in [0.1, 0.15) is 17.8 Å². The van der Waals surface area contributed by atoms with Crippen molar-refractivity contribution in [2.75, 3.05) is 20.3 Å². The van der Waals surface area contributed by atoms with Crippen LogP contribution in [0.15, 0.2) is 24.3 Å². The zero-order valence-corrected chi connectivity index (χ0v) is 23.0. The van der Waals surface area contributed by atoms with E-state index in [4.69, 9.17) is 15.2 Å². The highest BCUT2D eigenvalue weighted by Crippen LogP contribution is 2.21. The van der Waals surface area contributed by atoms with E-state index in [-0.39, 0.29) is 12.3 Å². The molecule has 0 radical (unpaired) electrons. The molecule has 0 saturated heterocycles. The normalized spacial score (nSPS) is 13.6. The first-order valence-corrected chi connectivity index (χ1v) is 12.8. The molecule has 3 amide bonds. The topological polar surface area (TPSA) is 149 Å². The molecule has 208 valence electrons. The molecular weight excluding hydrogens is 476 g/mol. The third kappa shape index (κ3) is 12.1. The summed E-state index contributed by atoms with van der Waals surface area (Å²) in [4.78, 5) is 49.5. The number of rotatable bonds is 15. The number of esters is 1. The summed E-state index contributed by atoms with van der Waals surface area (Å²) in [6, 6.07) is 4.63. The van der Waals surface area contributed by atoms with Crippen molar-refractivity contribution in [3.05, 3.63) is 29.8 Å². The third-order valence-corrected chi connectivity index (χ3v) is 5.71. The first-order valence-electron chi connectivity index (χ1n) is 12.8. The predicted octanol–water partition coefficient (Wildman–Crippen LogP) is 1.84. The lowest BCUT2D eigenvalue weighted by atomic mass is 9.85. The van der Waals surface area contributed by atoms with E-state index in [0.29, 0.717) is 32.4 Å². The lowest BCUT2D eigenvalue weighted by Gasteiger charge is -2.32. The second kappa shape index (κ2) is 15.9. The van der Waals surface area contributed by atoms with Crippen LogP contribution in [-0.2, 0) is 30.3 Å². The molecule has 10 nitrogen and oxygen atoms in total. The first kappa shape index (κ1) is 31.9. The van der Waals surface area contributed by atoms with E-state index in [1.54, 1.807) is 0 Å². The molecule has 5 N–H and O–H groups in total. The van der Waals surface area contributed by atoms with Gasteiger partial charge in [0.05, 0.1) is 19.8 Å². The molecule has 37 heavy (non-hydrogen) atoms. The fraction of sp³-hybridized carbons (Fsp3) is 0.630. The largest absolute Gasteiger partial charge is 0.494 e. The van der Waals surface area contributed by atoms with Crippen molar-refractivity contribution in [3.8, 4) is 5.75 Å². The molecular formula is C27H44N4O6. The Kier molecular flexibility index (Phi) is 13.7. The number of unbranched alkanes of at least 4 members (excludes halogenated alkanes) is 1. The van der Waals surface area contributed by atoms with Crippen LogP contribution in [0.1, 0.15) is 65.9 Å². The molecule has 0 aliphatic heterocycles. The van der Waals surface area contributed by atoms with Crippen molar-refractivity contribution >= 4 is 23.7 Å². The number of carbonyl (C=O) groups excluding carboxylic acids is 4. The molecule has 1 aromatic rings. The Morgan fingerprint density at radius 2 is 1.65 bits per heavy atom. The van der Waals surface area contributed by atoms with E-state index >= 15 is 0 Å². The van der Waals surface area contributed by atoms with Crippen LogP contribution >= 0.6 is 0 Å². The molecule has 0 spiro atoms. The molecule has 0 heterocycles. The Morgan fingerprint density at radius 1 is 1.00 bits per heavy atom. The van der Waals surface area contributed by atoms with Crippen LogP contribution in [0.4, 0.5) is 0 Å². The highest BCUT2D eigenvalue weighted by atomic mass is 16.5. The van der Waals surface area contributed by atoms with Gasteiger partial charge in [0.15, 0.2) is 0 Å². The van der Waals surface area contributed by atoms with Crippen LogP contribution in [0.5, 0.6) is 5.75 Å². The molecule has 0 unspecified atom stereocenters. The van der Waals surface area contributed by atoms with Gasteiger partial charge in [0, 0.05) is 19.9 Å². The zero-order valence-electron chi connectivity index (χ0n) is 23.0. The average Bonchev–Trinajstić information content (AvgIpc) is 2.84. The minimum absolute atomic E-state index is 0.107. The first-order chi connectivity index (χ1) is 17.4. The van der Waals surface area contributed by atoms with Gasteiger partial charge in [0.25, 0.3) is 0 Å². The summed E-state index contributed by atoms with van der Waals surface area (Å²) in [6.45, 7) is 10.0. The fourth-order valence-corrected chi connectivity index (χ4v) is 3.58. The summed E-state index contributed by atoms with van der Waals surface area (Å²) >= 11 is 0. The Bertz CT molecular complexity index is 882. The molecule has 0 fully saturated rings. The van der Waals surface area contributed by atoms with E-state index in [1.807, 2.05) is 52.0 Å². The molecule has 0 aliphatic rings. The Balaban J connectivity index is 2.83. The lowest BCUT2D eigenvalue weighted by molar-refractivity contribution is -0.145. The van der Waals surface area contributed by atoms with Gasteiger partial charge in [-0.2, -0.15) is 0 Å². The second-order valence-electron chi connectivity index (χ2n) is 10.2. The maximum Gasteiger partial charge on any atom is 0.328 e. The van der Waals surface area contributed by atoms with Gasteiger partial charge in [-0.25, -0.2) is 4.79 Å². The molecule has 0 saturated carbocycles. The SMILES string of the molecule is CCCOc1ccc(C[C@H](NC(=O)[C@@H](NC(=O)[C@@H](N)CCCCNC(C)=O)C(C)(C)C)C(=O)OC)cc1. The highest BCUT2D eigenvalue weighted by Gasteiger charge is 2.36. The standard InChI is InChI=1S/C27H44N4O6/c1-7-16-37-20-13-11-19(12-14-20)17-22(26(35)36-6)30-25(34)23(27(3,4)5)31-24(33)21(28)10-8-9-15-29-18(2)32/h11-14,21-23H,7-10,15-17,28H2,1-6H3,(H,29,32)(H,30,34)(H,31,33)/t21-,22-,23+/m0/s1. The molecule has 0 aliphatic carbocycles. The summed E-state index contributed by atoms with van der Waals surface area (Å²) in [7, 11) is 1.26. The predicted molar refractivity (Wildman–Crippen MR) is 142 cm³/mol. The number of hydrogen-bond acceptors (Lipinski definition) is 7. The van der Waals surface area contributed by atoms with Crippen LogP contribution in [0.3, 0.4) is 0 Å². The van der Waals surface area contributed by atoms with Gasteiger partial charge in [-0.05, 0) is 48.8 Å². The van der Waals surface area contributed by atoms with E-state index in [2.05, 4.69) is 16.0 Å². The Morgan fingerprint density at radius 3 is 2.19 bits per heavy atom. The van der Waals surface area contributed by atoms with Gasteiger partial charge in [-0.3, -0.25) is 14.4 Å². The van der Waals surface area contributed by atoms with Crippen LogP contribution in [-0.4, -0.2) is 62.1 Å². The van der Waals surface area contributed by atoms with Gasteiger partial charge < -0.3 is 31.2 Å². The number of nitrogens with two attached hydrogens (primary N) is 1. The summed E-state index contributed by atoms with van der Waals surface area (Å²) in [5.74, 6) is -0.922. The number of amides is 3. The van der Waals surface area contributed by atoms with Crippen molar-refractivity contribution in [1.29, 1.82) is 0 Å². The number of carbonyl (C=O) groups is 4. The van der Waals surface area contributed by atoms with E-state index in [0.717, 1.165) is 17.7 Å². The number of benzene rings is 1.